The lowest BCUT2D eigenvalue weighted by molar-refractivity contribution is 0.662. The Kier molecular flexibility index (Phi) is 4.38. The molecule has 0 aliphatic rings. The van der Waals surface area contributed by atoms with E-state index in [2.05, 4.69) is 55.4 Å². The van der Waals surface area contributed by atoms with Crippen LogP contribution in [0.2, 0.25) is 0 Å². The minimum absolute atomic E-state index is 0.848. The van der Waals surface area contributed by atoms with E-state index >= 15 is 0 Å². The van der Waals surface area contributed by atoms with Crippen molar-refractivity contribution in [3.8, 4) is 0 Å². The fourth-order valence-corrected chi connectivity index (χ4v) is 2.30. The Hall–Kier alpha value is -1.61. The van der Waals surface area contributed by atoms with Crippen molar-refractivity contribution in [2.24, 2.45) is 0 Å². The van der Waals surface area contributed by atoms with Crippen molar-refractivity contribution in [3.05, 3.63) is 41.7 Å². The third kappa shape index (κ3) is 3.24. The van der Waals surface area contributed by atoms with Crippen molar-refractivity contribution in [1.82, 2.24) is 14.9 Å². The van der Waals surface area contributed by atoms with Gasteiger partial charge in [0.05, 0.1) is 11.0 Å². The molecule has 1 aromatic carbocycles. The van der Waals surface area contributed by atoms with Crippen molar-refractivity contribution < 1.29 is 0 Å². The molecule has 0 bridgehead atoms. The van der Waals surface area contributed by atoms with Crippen LogP contribution in [0.3, 0.4) is 0 Å². The van der Waals surface area contributed by atoms with Crippen LogP contribution in [0.1, 0.15) is 25.2 Å². The molecule has 0 aliphatic carbocycles. The second-order valence-corrected chi connectivity index (χ2v) is 5.17. The van der Waals surface area contributed by atoms with Gasteiger partial charge < -0.3 is 9.88 Å². The molecule has 0 spiro atoms. The zero-order chi connectivity index (χ0) is 13.8. The van der Waals surface area contributed by atoms with Crippen LogP contribution < -0.4 is 5.32 Å². The van der Waals surface area contributed by atoms with Gasteiger partial charge in [-0.1, -0.05) is 25.1 Å². The van der Waals surface area contributed by atoms with Gasteiger partial charge in [-0.25, -0.2) is 4.98 Å². The Labute approximate surface area is 115 Å². The van der Waals surface area contributed by atoms with Crippen molar-refractivity contribution in [1.29, 1.82) is 0 Å². The summed E-state index contributed by atoms with van der Waals surface area (Å²) >= 11 is 0. The number of aromatic nitrogens is 2. The molecule has 19 heavy (non-hydrogen) atoms. The number of benzene rings is 1. The monoisotopic (exact) mass is 257 g/mol. The van der Waals surface area contributed by atoms with Crippen molar-refractivity contribution in [2.75, 3.05) is 13.1 Å². The van der Waals surface area contributed by atoms with E-state index in [0.717, 1.165) is 43.0 Å². The minimum Gasteiger partial charge on any atom is -0.324 e. The molecule has 102 valence electrons. The number of nitrogens with one attached hydrogen (secondary N) is 1. The third-order valence-electron chi connectivity index (χ3n) is 3.19. The number of hydrogen-bond acceptors (Lipinski definition) is 2. The Morgan fingerprint density at radius 1 is 1.42 bits per heavy atom. The van der Waals surface area contributed by atoms with Crippen LogP contribution in [-0.2, 0) is 13.0 Å². The van der Waals surface area contributed by atoms with Gasteiger partial charge in [0.2, 0.25) is 0 Å². The number of aryl methyl sites for hydroxylation is 1. The van der Waals surface area contributed by atoms with Gasteiger partial charge >= 0.3 is 0 Å². The summed E-state index contributed by atoms with van der Waals surface area (Å²) in [7, 11) is 0. The third-order valence-corrected chi connectivity index (χ3v) is 3.19. The van der Waals surface area contributed by atoms with E-state index in [-0.39, 0.29) is 0 Å². The highest BCUT2D eigenvalue weighted by molar-refractivity contribution is 5.77. The topological polar surface area (TPSA) is 29.9 Å². The van der Waals surface area contributed by atoms with Gasteiger partial charge in [-0.05, 0) is 38.1 Å². The summed E-state index contributed by atoms with van der Waals surface area (Å²) in [5.41, 5.74) is 4.71. The summed E-state index contributed by atoms with van der Waals surface area (Å²) in [4.78, 5) is 4.78. The lowest BCUT2D eigenvalue weighted by atomic mass is 10.2. The summed E-state index contributed by atoms with van der Waals surface area (Å²) < 4.78 is 2.29. The minimum atomic E-state index is 0.848. The summed E-state index contributed by atoms with van der Waals surface area (Å²) in [5, 5.41) is 3.36. The first-order chi connectivity index (χ1) is 9.11. The normalized spacial score (nSPS) is 11.1. The molecule has 0 amide bonds. The molecule has 1 heterocycles. The molecule has 3 nitrogen and oxygen atoms in total. The van der Waals surface area contributed by atoms with Crippen LogP contribution in [-0.4, -0.2) is 22.6 Å². The molecule has 0 radical (unpaired) electrons. The predicted molar refractivity (Wildman–Crippen MR) is 81.5 cm³/mol. The van der Waals surface area contributed by atoms with Crippen LogP contribution in [0.25, 0.3) is 11.0 Å². The van der Waals surface area contributed by atoms with E-state index in [1.165, 1.54) is 11.1 Å². The second-order valence-electron chi connectivity index (χ2n) is 5.17. The molecule has 2 aromatic rings. The summed E-state index contributed by atoms with van der Waals surface area (Å²) in [6, 6.07) is 6.46. The first kappa shape index (κ1) is 13.8. The van der Waals surface area contributed by atoms with Gasteiger partial charge in [0, 0.05) is 19.5 Å². The summed E-state index contributed by atoms with van der Waals surface area (Å²) in [6.07, 6.45) is 0.953. The van der Waals surface area contributed by atoms with Crippen molar-refractivity contribution in [2.45, 2.75) is 33.7 Å². The molecule has 0 aliphatic heterocycles. The van der Waals surface area contributed by atoms with E-state index in [9.17, 15) is 0 Å². The zero-order valence-electron chi connectivity index (χ0n) is 12.2. The molecule has 2 rings (SSSR count). The summed E-state index contributed by atoms with van der Waals surface area (Å²) in [5.74, 6) is 1.14. The number of fused-ring (bicyclic) bond motifs is 1. The van der Waals surface area contributed by atoms with Crippen molar-refractivity contribution in [3.63, 3.8) is 0 Å². The standard InChI is InChI=1S/C16H23N3/c1-5-17-9-8-16-18-14-10-13(4)6-7-15(14)19(16)11-12(2)3/h6-7,10,17H,2,5,8-9,11H2,1,3-4H3. The van der Waals surface area contributed by atoms with Gasteiger partial charge in [-0.2, -0.15) is 0 Å². The van der Waals surface area contributed by atoms with E-state index in [1.54, 1.807) is 0 Å². The summed E-state index contributed by atoms with van der Waals surface area (Å²) in [6.45, 7) is 13.1. The molecule has 0 unspecified atom stereocenters. The highest BCUT2D eigenvalue weighted by atomic mass is 15.1. The van der Waals surface area contributed by atoms with E-state index in [4.69, 9.17) is 4.98 Å². The van der Waals surface area contributed by atoms with E-state index < -0.39 is 0 Å². The molecule has 0 saturated heterocycles. The molecule has 0 atom stereocenters. The smallest absolute Gasteiger partial charge is 0.111 e. The second kappa shape index (κ2) is 6.02. The average Bonchev–Trinajstić information content (AvgIpc) is 2.66. The highest BCUT2D eigenvalue weighted by Crippen LogP contribution is 2.19. The largest absolute Gasteiger partial charge is 0.324 e. The Morgan fingerprint density at radius 2 is 2.21 bits per heavy atom. The number of likely N-dealkylation sites (N-methyl/N-ethyl adjacent to an activating group) is 1. The maximum absolute atomic E-state index is 4.78. The van der Waals surface area contributed by atoms with Crippen LogP contribution in [0, 0.1) is 6.92 Å². The highest BCUT2D eigenvalue weighted by Gasteiger charge is 2.10. The number of allylic oxidation sites excluding steroid dienone is 1. The maximum Gasteiger partial charge on any atom is 0.111 e. The molecule has 1 N–H and O–H groups in total. The molecule has 0 fully saturated rings. The Morgan fingerprint density at radius 3 is 2.89 bits per heavy atom. The van der Waals surface area contributed by atoms with Gasteiger partial charge in [-0.3, -0.25) is 0 Å². The van der Waals surface area contributed by atoms with E-state index in [1.807, 2.05) is 0 Å². The van der Waals surface area contributed by atoms with E-state index in [0.29, 0.717) is 0 Å². The lowest BCUT2D eigenvalue weighted by Gasteiger charge is -2.09. The van der Waals surface area contributed by atoms with Crippen LogP contribution in [0.4, 0.5) is 0 Å². The Balaban J connectivity index is 2.38. The molecule has 1 aromatic heterocycles. The SMILES string of the molecule is C=C(C)Cn1c(CCNCC)nc2cc(C)ccc21. The predicted octanol–water partition coefficient (Wildman–Crippen LogP) is 3.07. The zero-order valence-corrected chi connectivity index (χ0v) is 12.2. The Bertz CT molecular complexity index is 581. The van der Waals surface area contributed by atoms with Gasteiger partial charge in [0.15, 0.2) is 0 Å². The van der Waals surface area contributed by atoms with Gasteiger partial charge in [0.1, 0.15) is 5.82 Å². The van der Waals surface area contributed by atoms with Crippen LogP contribution >= 0.6 is 0 Å². The lowest BCUT2D eigenvalue weighted by Crippen LogP contribution is -2.18. The molecule has 3 heteroatoms. The number of rotatable bonds is 6. The first-order valence-electron chi connectivity index (χ1n) is 6.92. The number of imidazole rings is 1. The average molecular weight is 257 g/mol. The fraction of sp³-hybridized carbons (Fsp3) is 0.438. The quantitative estimate of drug-likeness (QED) is 0.636. The van der Waals surface area contributed by atoms with Crippen molar-refractivity contribution >= 4 is 11.0 Å². The maximum atomic E-state index is 4.78. The van der Waals surface area contributed by atoms with Gasteiger partial charge in [0.25, 0.3) is 0 Å². The number of nitrogens with zero attached hydrogens (tertiary/aromatic N) is 2. The van der Waals surface area contributed by atoms with Crippen LogP contribution in [0.15, 0.2) is 30.4 Å². The number of hydrogen-bond donors (Lipinski definition) is 1. The first-order valence-corrected chi connectivity index (χ1v) is 6.92. The molecule has 0 saturated carbocycles. The van der Waals surface area contributed by atoms with Crippen LogP contribution in [0.5, 0.6) is 0 Å². The molecular weight excluding hydrogens is 234 g/mol. The molecular formula is C16H23N3. The fourth-order valence-electron chi connectivity index (χ4n) is 2.30. The van der Waals surface area contributed by atoms with Gasteiger partial charge in [-0.15, -0.1) is 0 Å².